The quantitative estimate of drug-likeness (QED) is 0.804. The maximum absolute atomic E-state index is 5.84. The van der Waals surface area contributed by atoms with Crippen molar-refractivity contribution in [2.75, 3.05) is 0 Å². The highest BCUT2D eigenvalue weighted by molar-refractivity contribution is 4.99. The van der Waals surface area contributed by atoms with E-state index < -0.39 is 0 Å². The molecule has 0 radical (unpaired) electrons. The van der Waals surface area contributed by atoms with Gasteiger partial charge in [-0.3, -0.25) is 0 Å². The van der Waals surface area contributed by atoms with E-state index in [4.69, 9.17) is 10.3 Å². The molecule has 0 aromatic carbocycles. The van der Waals surface area contributed by atoms with Crippen molar-refractivity contribution in [2.45, 2.75) is 51.5 Å². The lowest BCUT2D eigenvalue weighted by Gasteiger charge is -2.03. The summed E-state index contributed by atoms with van der Waals surface area (Å²) < 4.78 is 5.26. The molecule has 1 aliphatic rings. The minimum Gasteiger partial charge on any atom is -0.339 e. The molecule has 1 aromatic rings. The highest BCUT2D eigenvalue weighted by Crippen LogP contribution is 2.41. The standard InChI is InChI=1S/C11H19N3O/c1-3-9(12)6-10-13-11(15-14-10)7(2)8-4-5-8/h7-9H,3-6,12H2,1-2H3. The van der Waals surface area contributed by atoms with E-state index in [1.165, 1.54) is 12.8 Å². The molecular weight excluding hydrogens is 190 g/mol. The van der Waals surface area contributed by atoms with Crippen LogP contribution in [0.1, 0.15) is 50.7 Å². The number of aromatic nitrogens is 2. The van der Waals surface area contributed by atoms with Crippen LogP contribution in [0.15, 0.2) is 4.52 Å². The zero-order valence-electron chi connectivity index (χ0n) is 9.44. The van der Waals surface area contributed by atoms with Gasteiger partial charge in [-0.2, -0.15) is 4.98 Å². The second-order valence-electron chi connectivity index (χ2n) is 4.55. The van der Waals surface area contributed by atoms with Crippen molar-refractivity contribution in [3.63, 3.8) is 0 Å². The summed E-state index contributed by atoms with van der Waals surface area (Å²) in [4.78, 5) is 4.40. The van der Waals surface area contributed by atoms with Gasteiger partial charge in [0.25, 0.3) is 0 Å². The molecule has 1 fully saturated rings. The zero-order chi connectivity index (χ0) is 10.8. The summed E-state index contributed by atoms with van der Waals surface area (Å²) in [6.07, 6.45) is 4.26. The van der Waals surface area contributed by atoms with Crippen molar-refractivity contribution in [2.24, 2.45) is 11.7 Å². The fourth-order valence-corrected chi connectivity index (χ4v) is 1.71. The molecule has 0 saturated heterocycles. The second-order valence-corrected chi connectivity index (χ2v) is 4.55. The Morgan fingerprint density at radius 2 is 2.27 bits per heavy atom. The summed E-state index contributed by atoms with van der Waals surface area (Å²) in [5.74, 6) is 2.73. The van der Waals surface area contributed by atoms with Gasteiger partial charge in [0.15, 0.2) is 5.82 Å². The van der Waals surface area contributed by atoms with E-state index in [2.05, 4.69) is 24.0 Å². The van der Waals surface area contributed by atoms with Crippen molar-refractivity contribution in [1.29, 1.82) is 0 Å². The average molecular weight is 209 g/mol. The molecule has 1 heterocycles. The van der Waals surface area contributed by atoms with Gasteiger partial charge in [-0.15, -0.1) is 0 Å². The minimum atomic E-state index is 0.145. The van der Waals surface area contributed by atoms with Crippen molar-refractivity contribution in [3.8, 4) is 0 Å². The van der Waals surface area contributed by atoms with Crippen molar-refractivity contribution < 1.29 is 4.52 Å². The van der Waals surface area contributed by atoms with Crippen LogP contribution < -0.4 is 5.73 Å². The first-order chi connectivity index (χ1) is 7.20. The first kappa shape index (κ1) is 10.6. The number of hydrogen-bond donors (Lipinski definition) is 1. The molecule has 2 rings (SSSR count). The van der Waals surface area contributed by atoms with Crippen LogP contribution in [0.25, 0.3) is 0 Å². The Labute approximate surface area is 90.2 Å². The van der Waals surface area contributed by atoms with Crippen LogP contribution in [0.5, 0.6) is 0 Å². The predicted molar refractivity (Wildman–Crippen MR) is 57.4 cm³/mol. The van der Waals surface area contributed by atoms with Crippen LogP contribution >= 0.6 is 0 Å². The third-order valence-corrected chi connectivity index (χ3v) is 3.17. The molecule has 2 N–H and O–H groups in total. The second kappa shape index (κ2) is 4.31. The van der Waals surface area contributed by atoms with Gasteiger partial charge in [0.1, 0.15) is 0 Å². The Morgan fingerprint density at radius 3 is 2.87 bits per heavy atom. The van der Waals surface area contributed by atoms with E-state index in [0.29, 0.717) is 5.92 Å². The molecule has 1 saturated carbocycles. The molecule has 0 amide bonds. The molecule has 0 bridgehead atoms. The summed E-state index contributed by atoms with van der Waals surface area (Å²) in [5.41, 5.74) is 5.84. The van der Waals surface area contributed by atoms with Crippen molar-refractivity contribution >= 4 is 0 Å². The van der Waals surface area contributed by atoms with Gasteiger partial charge in [0.2, 0.25) is 5.89 Å². The van der Waals surface area contributed by atoms with Gasteiger partial charge in [-0.25, -0.2) is 0 Å². The molecular formula is C11H19N3O. The van der Waals surface area contributed by atoms with Gasteiger partial charge in [-0.1, -0.05) is 19.0 Å². The highest BCUT2D eigenvalue weighted by atomic mass is 16.5. The largest absolute Gasteiger partial charge is 0.339 e. The van der Waals surface area contributed by atoms with E-state index in [-0.39, 0.29) is 6.04 Å². The molecule has 1 aromatic heterocycles. The molecule has 2 atom stereocenters. The van der Waals surface area contributed by atoms with Crippen LogP contribution in [-0.4, -0.2) is 16.2 Å². The summed E-state index contributed by atoms with van der Waals surface area (Å²) >= 11 is 0. The van der Waals surface area contributed by atoms with Crippen LogP contribution in [0.4, 0.5) is 0 Å². The Hall–Kier alpha value is -0.900. The first-order valence-electron chi connectivity index (χ1n) is 5.78. The molecule has 4 nitrogen and oxygen atoms in total. The molecule has 0 aliphatic heterocycles. The van der Waals surface area contributed by atoms with Crippen molar-refractivity contribution in [1.82, 2.24) is 10.1 Å². The monoisotopic (exact) mass is 209 g/mol. The Kier molecular flexibility index (Phi) is 3.05. The number of hydrogen-bond acceptors (Lipinski definition) is 4. The van der Waals surface area contributed by atoms with Gasteiger partial charge in [-0.05, 0) is 25.2 Å². The molecule has 4 heteroatoms. The fraction of sp³-hybridized carbons (Fsp3) is 0.818. The summed E-state index contributed by atoms with van der Waals surface area (Å²) in [7, 11) is 0. The van der Waals surface area contributed by atoms with Crippen LogP contribution in [0.3, 0.4) is 0 Å². The van der Waals surface area contributed by atoms with E-state index >= 15 is 0 Å². The summed E-state index contributed by atoms with van der Waals surface area (Å²) in [5, 5.41) is 3.97. The third-order valence-electron chi connectivity index (χ3n) is 3.17. The van der Waals surface area contributed by atoms with Gasteiger partial charge in [0.05, 0.1) is 0 Å². The van der Waals surface area contributed by atoms with Crippen LogP contribution in [0.2, 0.25) is 0 Å². The van der Waals surface area contributed by atoms with E-state index in [1.807, 2.05) is 0 Å². The smallest absolute Gasteiger partial charge is 0.229 e. The number of nitrogens with zero attached hydrogens (tertiary/aromatic N) is 2. The topological polar surface area (TPSA) is 64.9 Å². The first-order valence-corrected chi connectivity index (χ1v) is 5.78. The maximum Gasteiger partial charge on any atom is 0.229 e. The highest BCUT2D eigenvalue weighted by Gasteiger charge is 2.32. The Balaban J connectivity index is 1.96. The lowest BCUT2D eigenvalue weighted by molar-refractivity contribution is 0.344. The van der Waals surface area contributed by atoms with E-state index in [1.54, 1.807) is 0 Å². The van der Waals surface area contributed by atoms with Crippen LogP contribution in [0, 0.1) is 5.92 Å². The number of nitrogens with two attached hydrogens (primary N) is 1. The lowest BCUT2D eigenvalue weighted by Crippen LogP contribution is -2.22. The average Bonchev–Trinajstić information content (AvgIpc) is 2.98. The van der Waals surface area contributed by atoms with Crippen molar-refractivity contribution in [3.05, 3.63) is 11.7 Å². The SMILES string of the molecule is CCC(N)Cc1noc(C(C)C2CC2)n1. The summed E-state index contributed by atoms with van der Waals surface area (Å²) in [6, 6.07) is 0.145. The zero-order valence-corrected chi connectivity index (χ0v) is 9.44. The van der Waals surface area contributed by atoms with Crippen LogP contribution in [-0.2, 0) is 6.42 Å². The molecule has 15 heavy (non-hydrogen) atoms. The van der Waals surface area contributed by atoms with E-state index in [9.17, 15) is 0 Å². The molecule has 84 valence electrons. The predicted octanol–water partition coefficient (Wildman–Crippen LogP) is 1.86. The van der Waals surface area contributed by atoms with E-state index in [0.717, 1.165) is 30.5 Å². The van der Waals surface area contributed by atoms with Gasteiger partial charge < -0.3 is 10.3 Å². The number of rotatable bonds is 5. The minimum absolute atomic E-state index is 0.145. The lowest BCUT2D eigenvalue weighted by atomic mass is 10.1. The molecule has 1 aliphatic carbocycles. The third kappa shape index (κ3) is 2.56. The Bertz CT molecular complexity index is 319. The molecule has 2 unspecified atom stereocenters. The summed E-state index contributed by atoms with van der Waals surface area (Å²) in [6.45, 7) is 4.23. The normalized spacial score (nSPS) is 20.2. The van der Waals surface area contributed by atoms with Gasteiger partial charge >= 0.3 is 0 Å². The molecule has 0 spiro atoms. The fourth-order valence-electron chi connectivity index (χ4n) is 1.71. The Morgan fingerprint density at radius 1 is 1.53 bits per heavy atom. The maximum atomic E-state index is 5.84. The van der Waals surface area contributed by atoms with Gasteiger partial charge in [0, 0.05) is 18.4 Å².